The SMILES string of the molecule is O=C(N[C@@H](C(=O)N1COC[C@H]1C(=O)O)c1ccccc1)C1CC1. The number of carboxylic acid groups (broad SMARTS) is 1. The smallest absolute Gasteiger partial charge is 0.328 e. The molecule has 122 valence electrons. The van der Waals surface area contributed by atoms with Gasteiger partial charge in [-0.25, -0.2) is 4.79 Å². The number of carboxylic acids is 1. The number of hydrogen-bond acceptors (Lipinski definition) is 4. The van der Waals surface area contributed by atoms with Crippen molar-refractivity contribution in [3.8, 4) is 0 Å². The Labute approximate surface area is 133 Å². The first-order valence-corrected chi connectivity index (χ1v) is 7.54. The van der Waals surface area contributed by atoms with Crippen molar-refractivity contribution in [3.05, 3.63) is 35.9 Å². The Morgan fingerprint density at radius 2 is 1.91 bits per heavy atom. The summed E-state index contributed by atoms with van der Waals surface area (Å²) < 4.78 is 5.11. The van der Waals surface area contributed by atoms with Gasteiger partial charge in [0.05, 0.1) is 6.61 Å². The van der Waals surface area contributed by atoms with E-state index < -0.39 is 24.0 Å². The summed E-state index contributed by atoms with van der Waals surface area (Å²) in [6.45, 7) is -0.127. The first-order chi connectivity index (χ1) is 11.1. The molecule has 0 radical (unpaired) electrons. The molecule has 3 rings (SSSR count). The predicted octanol–water partition coefficient (Wildman–Crippen LogP) is 0.523. The quantitative estimate of drug-likeness (QED) is 0.825. The van der Waals surface area contributed by atoms with Crippen molar-refractivity contribution in [3.63, 3.8) is 0 Å². The Morgan fingerprint density at radius 1 is 1.22 bits per heavy atom. The summed E-state index contributed by atoms with van der Waals surface area (Å²) in [6, 6.07) is 6.92. The zero-order chi connectivity index (χ0) is 16.4. The number of ether oxygens (including phenoxy) is 1. The van der Waals surface area contributed by atoms with E-state index in [1.807, 2.05) is 6.07 Å². The van der Waals surface area contributed by atoms with Crippen LogP contribution in [0, 0.1) is 5.92 Å². The van der Waals surface area contributed by atoms with Gasteiger partial charge < -0.3 is 20.1 Å². The molecule has 23 heavy (non-hydrogen) atoms. The number of aliphatic carboxylic acids is 1. The third-order valence-electron chi connectivity index (χ3n) is 4.07. The second-order valence-electron chi connectivity index (χ2n) is 5.79. The van der Waals surface area contributed by atoms with E-state index in [9.17, 15) is 19.5 Å². The van der Waals surface area contributed by atoms with Crippen LogP contribution in [0.3, 0.4) is 0 Å². The molecule has 2 aliphatic rings. The van der Waals surface area contributed by atoms with E-state index in [-0.39, 0.29) is 25.2 Å². The number of nitrogens with one attached hydrogen (secondary N) is 1. The third kappa shape index (κ3) is 3.34. The summed E-state index contributed by atoms with van der Waals surface area (Å²) in [6.07, 6.45) is 1.65. The lowest BCUT2D eigenvalue weighted by Gasteiger charge is -2.26. The minimum absolute atomic E-state index is 0.0425. The highest BCUT2D eigenvalue weighted by atomic mass is 16.5. The van der Waals surface area contributed by atoms with Crippen LogP contribution in [0.15, 0.2) is 30.3 Å². The van der Waals surface area contributed by atoms with E-state index in [1.165, 1.54) is 0 Å². The van der Waals surface area contributed by atoms with E-state index in [0.717, 1.165) is 17.7 Å². The molecule has 7 heteroatoms. The molecule has 1 heterocycles. The van der Waals surface area contributed by atoms with Crippen molar-refractivity contribution < 1.29 is 24.2 Å². The number of benzene rings is 1. The first-order valence-electron chi connectivity index (χ1n) is 7.54. The van der Waals surface area contributed by atoms with Gasteiger partial charge in [0.1, 0.15) is 12.8 Å². The largest absolute Gasteiger partial charge is 0.480 e. The van der Waals surface area contributed by atoms with Crippen molar-refractivity contribution in [2.24, 2.45) is 5.92 Å². The molecule has 2 fully saturated rings. The van der Waals surface area contributed by atoms with Gasteiger partial charge in [-0.2, -0.15) is 0 Å². The van der Waals surface area contributed by atoms with E-state index in [0.29, 0.717) is 5.56 Å². The van der Waals surface area contributed by atoms with E-state index in [1.54, 1.807) is 24.3 Å². The van der Waals surface area contributed by atoms with Crippen LogP contribution in [0.2, 0.25) is 0 Å². The molecule has 2 N–H and O–H groups in total. The average molecular weight is 318 g/mol. The zero-order valence-electron chi connectivity index (χ0n) is 12.5. The van der Waals surface area contributed by atoms with Crippen LogP contribution < -0.4 is 5.32 Å². The molecule has 1 aromatic rings. The molecule has 1 aliphatic carbocycles. The summed E-state index contributed by atoms with van der Waals surface area (Å²) in [4.78, 5) is 37.3. The Morgan fingerprint density at radius 3 is 2.52 bits per heavy atom. The van der Waals surface area contributed by atoms with Gasteiger partial charge in [-0.1, -0.05) is 30.3 Å². The van der Waals surface area contributed by atoms with Crippen LogP contribution in [0.4, 0.5) is 0 Å². The van der Waals surface area contributed by atoms with Crippen molar-refractivity contribution in [1.82, 2.24) is 10.2 Å². The zero-order valence-corrected chi connectivity index (χ0v) is 12.5. The first kappa shape index (κ1) is 15.5. The highest BCUT2D eigenvalue weighted by Crippen LogP contribution is 2.30. The number of rotatable bonds is 5. The fourth-order valence-electron chi connectivity index (χ4n) is 2.57. The molecule has 1 saturated heterocycles. The maximum Gasteiger partial charge on any atom is 0.328 e. The van der Waals surface area contributed by atoms with Crippen LogP contribution >= 0.6 is 0 Å². The van der Waals surface area contributed by atoms with Gasteiger partial charge in [-0.15, -0.1) is 0 Å². The number of carbonyl (C=O) groups excluding carboxylic acids is 2. The minimum Gasteiger partial charge on any atom is -0.480 e. The van der Waals surface area contributed by atoms with Crippen LogP contribution in [0.1, 0.15) is 24.4 Å². The molecule has 1 aliphatic heterocycles. The molecule has 0 unspecified atom stereocenters. The topological polar surface area (TPSA) is 95.9 Å². The lowest BCUT2D eigenvalue weighted by molar-refractivity contribution is -0.149. The molecule has 1 saturated carbocycles. The van der Waals surface area contributed by atoms with Gasteiger partial charge >= 0.3 is 5.97 Å². The van der Waals surface area contributed by atoms with E-state index >= 15 is 0 Å². The normalized spacial score (nSPS) is 21.7. The van der Waals surface area contributed by atoms with Crippen molar-refractivity contribution in [2.45, 2.75) is 24.9 Å². The minimum atomic E-state index is -1.11. The maximum atomic E-state index is 12.8. The van der Waals surface area contributed by atoms with Gasteiger partial charge in [-0.3, -0.25) is 9.59 Å². The van der Waals surface area contributed by atoms with Gasteiger partial charge in [-0.05, 0) is 18.4 Å². The summed E-state index contributed by atoms with van der Waals surface area (Å²) >= 11 is 0. The standard InChI is InChI=1S/C16H18N2O5/c19-14(11-6-7-11)17-13(10-4-2-1-3-5-10)15(20)18-9-23-8-12(18)16(21)22/h1-5,11-13H,6-9H2,(H,17,19)(H,21,22)/t12-,13+/m0/s1. The lowest BCUT2D eigenvalue weighted by Crippen LogP contribution is -2.48. The second-order valence-corrected chi connectivity index (χ2v) is 5.79. The Hall–Kier alpha value is -2.41. The van der Waals surface area contributed by atoms with Gasteiger partial charge in [0, 0.05) is 5.92 Å². The molecule has 0 bridgehead atoms. The van der Waals surface area contributed by atoms with Gasteiger partial charge in [0.15, 0.2) is 6.04 Å². The number of nitrogens with zero attached hydrogens (tertiary/aromatic N) is 1. The highest BCUT2D eigenvalue weighted by Gasteiger charge is 2.40. The summed E-state index contributed by atoms with van der Waals surface area (Å²) in [5.74, 6) is -1.79. The number of amides is 2. The van der Waals surface area contributed by atoms with Crippen molar-refractivity contribution in [1.29, 1.82) is 0 Å². The van der Waals surface area contributed by atoms with Crippen LogP contribution in [-0.2, 0) is 19.1 Å². The number of carbonyl (C=O) groups is 3. The molecule has 7 nitrogen and oxygen atoms in total. The molecule has 1 aromatic carbocycles. The average Bonchev–Trinajstić information content (AvgIpc) is 3.29. The number of hydrogen-bond donors (Lipinski definition) is 2. The Bertz CT molecular complexity index is 614. The van der Waals surface area contributed by atoms with E-state index in [2.05, 4.69) is 5.32 Å². The Balaban J connectivity index is 1.83. The monoisotopic (exact) mass is 318 g/mol. The predicted molar refractivity (Wildman–Crippen MR) is 79.1 cm³/mol. The second kappa shape index (κ2) is 6.37. The molecule has 2 amide bonds. The third-order valence-corrected chi connectivity index (χ3v) is 4.07. The highest BCUT2D eigenvalue weighted by molar-refractivity contribution is 5.92. The molecule has 2 atom stereocenters. The Kier molecular flexibility index (Phi) is 4.29. The van der Waals surface area contributed by atoms with Crippen molar-refractivity contribution in [2.75, 3.05) is 13.3 Å². The maximum absolute atomic E-state index is 12.8. The van der Waals surface area contributed by atoms with Crippen LogP contribution in [0.5, 0.6) is 0 Å². The van der Waals surface area contributed by atoms with Crippen LogP contribution in [-0.4, -0.2) is 47.2 Å². The van der Waals surface area contributed by atoms with Gasteiger partial charge in [0.25, 0.3) is 5.91 Å². The fraction of sp³-hybridized carbons (Fsp3) is 0.438. The lowest BCUT2D eigenvalue weighted by atomic mass is 10.0. The van der Waals surface area contributed by atoms with E-state index in [4.69, 9.17) is 4.74 Å². The van der Waals surface area contributed by atoms with Gasteiger partial charge in [0.2, 0.25) is 5.91 Å². The fourth-order valence-corrected chi connectivity index (χ4v) is 2.57. The molecule has 0 spiro atoms. The molecular weight excluding hydrogens is 300 g/mol. The summed E-state index contributed by atoms with van der Waals surface area (Å²) in [5.41, 5.74) is 0.627. The molecular formula is C16H18N2O5. The van der Waals surface area contributed by atoms with Crippen molar-refractivity contribution >= 4 is 17.8 Å². The molecule has 0 aromatic heterocycles. The summed E-state index contributed by atoms with van der Waals surface area (Å²) in [7, 11) is 0. The summed E-state index contributed by atoms with van der Waals surface area (Å²) in [5, 5.41) is 12.0. The van der Waals surface area contributed by atoms with Crippen LogP contribution in [0.25, 0.3) is 0 Å².